The van der Waals surface area contributed by atoms with E-state index in [1.807, 2.05) is 60.7 Å². The predicted molar refractivity (Wildman–Crippen MR) is 160 cm³/mol. The van der Waals surface area contributed by atoms with Crippen LogP contribution < -0.4 is 5.43 Å². The molecular formula is C29H36N4O6SSi. The minimum Gasteiger partial charge on any atom is -0.503 e. The van der Waals surface area contributed by atoms with Crippen LogP contribution in [0.4, 0.5) is 0 Å². The Morgan fingerprint density at radius 1 is 1.00 bits per heavy atom. The number of hydrogen-bond donors (Lipinski definition) is 1. The van der Waals surface area contributed by atoms with Gasteiger partial charge in [0, 0.05) is 33.0 Å². The van der Waals surface area contributed by atoms with Crippen LogP contribution in [0.5, 0.6) is 5.75 Å². The molecule has 218 valence electrons. The molecule has 4 aromatic rings. The Morgan fingerprint density at radius 2 is 1.61 bits per heavy atom. The Balaban J connectivity index is 1.70. The summed E-state index contributed by atoms with van der Waals surface area (Å²) in [4.78, 5) is 17.3. The van der Waals surface area contributed by atoms with Gasteiger partial charge in [0.05, 0.1) is 19.0 Å². The third-order valence-electron chi connectivity index (χ3n) is 6.46. The minimum absolute atomic E-state index is 0.0281. The van der Waals surface area contributed by atoms with Crippen molar-refractivity contribution in [3.63, 3.8) is 0 Å². The molecule has 1 unspecified atom stereocenters. The van der Waals surface area contributed by atoms with Crippen LogP contribution in [0.2, 0.25) is 25.7 Å². The Hall–Kier alpha value is -3.58. The summed E-state index contributed by atoms with van der Waals surface area (Å²) in [6.07, 6.45) is 4.46. The number of benzene rings is 2. The lowest BCUT2D eigenvalue weighted by Gasteiger charge is -2.28. The molecule has 2 aromatic carbocycles. The maximum atomic E-state index is 13.0. The average Bonchev–Trinajstić information content (AvgIpc) is 3.36. The number of hydrogen-bond acceptors (Lipinski definition) is 8. The molecule has 2 aromatic heterocycles. The van der Waals surface area contributed by atoms with Gasteiger partial charge < -0.3 is 14.4 Å². The van der Waals surface area contributed by atoms with Crippen LogP contribution in [0.3, 0.4) is 0 Å². The smallest absolute Gasteiger partial charge is 0.264 e. The van der Waals surface area contributed by atoms with Gasteiger partial charge in [-0.15, -0.1) is 0 Å². The van der Waals surface area contributed by atoms with Crippen molar-refractivity contribution in [2.75, 3.05) is 12.9 Å². The molecule has 0 saturated heterocycles. The highest BCUT2D eigenvalue weighted by atomic mass is 32.2. The zero-order chi connectivity index (χ0) is 29.6. The standard InChI is InChI=1S/C29H36N4O6SSi/c1-40(36,37)39-25(26(22-11-7-5-8-12-22)23-13-9-6-10-14-23)20-32-16-15-30-29(32)27-28(35)24(34)19-33(31-27)21-38-17-18-41(2,3)4/h5-16,19,25-26,34H,17-18,20-21H2,1-4H3. The van der Waals surface area contributed by atoms with Gasteiger partial charge in [-0.05, 0) is 17.2 Å². The molecule has 0 amide bonds. The molecule has 41 heavy (non-hydrogen) atoms. The van der Waals surface area contributed by atoms with Gasteiger partial charge in [-0.1, -0.05) is 80.3 Å². The first-order valence-corrected chi connectivity index (χ1v) is 18.8. The van der Waals surface area contributed by atoms with Crippen molar-refractivity contribution in [1.29, 1.82) is 0 Å². The van der Waals surface area contributed by atoms with Crippen LogP contribution in [0.25, 0.3) is 11.5 Å². The van der Waals surface area contributed by atoms with Gasteiger partial charge in [-0.2, -0.15) is 13.5 Å². The molecule has 0 bridgehead atoms. The van der Waals surface area contributed by atoms with Gasteiger partial charge >= 0.3 is 0 Å². The highest BCUT2D eigenvalue weighted by molar-refractivity contribution is 7.86. The fourth-order valence-electron chi connectivity index (χ4n) is 4.50. The van der Waals surface area contributed by atoms with E-state index in [-0.39, 0.29) is 24.8 Å². The second kappa shape index (κ2) is 12.9. The van der Waals surface area contributed by atoms with Crippen molar-refractivity contribution in [3.05, 3.63) is 101 Å². The predicted octanol–water partition coefficient (Wildman–Crippen LogP) is 4.30. The van der Waals surface area contributed by atoms with Gasteiger partial charge in [-0.25, -0.2) is 9.67 Å². The summed E-state index contributed by atoms with van der Waals surface area (Å²) in [5.41, 5.74) is 0.946. The van der Waals surface area contributed by atoms with Gasteiger partial charge in [0.1, 0.15) is 12.8 Å². The van der Waals surface area contributed by atoms with E-state index in [4.69, 9.17) is 8.92 Å². The highest BCUT2D eigenvalue weighted by Crippen LogP contribution is 2.32. The largest absolute Gasteiger partial charge is 0.503 e. The van der Waals surface area contributed by atoms with Crippen LogP contribution in [-0.2, 0) is 32.3 Å². The molecule has 0 radical (unpaired) electrons. The second-order valence-electron chi connectivity index (χ2n) is 11.1. The quantitative estimate of drug-likeness (QED) is 0.138. The highest BCUT2D eigenvalue weighted by Gasteiger charge is 2.31. The van der Waals surface area contributed by atoms with Crippen molar-refractivity contribution >= 4 is 18.2 Å². The lowest BCUT2D eigenvalue weighted by atomic mass is 9.86. The monoisotopic (exact) mass is 596 g/mol. The van der Waals surface area contributed by atoms with Gasteiger partial charge in [0.2, 0.25) is 0 Å². The first-order valence-electron chi connectivity index (χ1n) is 13.3. The third kappa shape index (κ3) is 8.46. The van der Waals surface area contributed by atoms with Crippen LogP contribution in [0, 0.1) is 0 Å². The van der Waals surface area contributed by atoms with Crippen LogP contribution >= 0.6 is 0 Å². The normalized spacial score (nSPS) is 13.0. The maximum Gasteiger partial charge on any atom is 0.264 e. The molecule has 1 atom stereocenters. The van der Waals surface area contributed by atoms with E-state index in [0.717, 1.165) is 23.4 Å². The van der Waals surface area contributed by atoms with E-state index in [1.165, 1.54) is 17.1 Å². The lowest BCUT2D eigenvalue weighted by molar-refractivity contribution is 0.0769. The molecule has 0 fully saturated rings. The lowest BCUT2D eigenvalue weighted by Crippen LogP contribution is -2.31. The fourth-order valence-corrected chi connectivity index (χ4v) is 5.88. The molecular weight excluding hydrogens is 560 g/mol. The summed E-state index contributed by atoms with van der Waals surface area (Å²) < 4.78 is 39.4. The van der Waals surface area contributed by atoms with Gasteiger partial charge in [0.15, 0.2) is 17.3 Å². The number of aromatic nitrogens is 4. The van der Waals surface area contributed by atoms with E-state index >= 15 is 0 Å². The molecule has 12 heteroatoms. The average molecular weight is 597 g/mol. The van der Waals surface area contributed by atoms with Gasteiger partial charge in [-0.3, -0.25) is 8.98 Å². The molecule has 0 aliphatic carbocycles. The Bertz CT molecular complexity index is 1560. The van der Waals surface area contributed by atoms with E-state index in [1.54, 1.807) is 10.8 Å². The second-order valence-corrected chi connectivity index (χ2v) is 18.3. The third-order valence-corrected chi connectivity index (χ3v) is 8.76. The summed E-state index contributed by atoms with van der Waals surface area (Å²) in [5, 5.41) is 14.8. The van der Waals surface area contributed by atoms with Crippen molar-refractivity contribution < 1.29 is 22.4 Å². The van der Waals surface area contributed by atoms with Crippen molar-refractivity contribution in [3.8, 4) is 17.3 Å². The molecule has 10 nitrogen and oxygen atoms in total. The van der Waals surface area contributed by atoms with E-state index in [0.29, 0.717) is 6.61 Å². The van der Waals surface area contributed by atoms with E-state index in [9.17, 15) is 18.3 Å². The number of imidazole rings is 1. The first-order chi connectivity index (χ1) is 19.4. The number of ether oxygens (including phenoxy) is 1. The Labute approximate surface area is 241 Å². The molecule has 4 rings (SSSR count). The number of nitrogens with zero attached hydrogens (tertiary/aromatic N) is 4. The van der Waals surface area contributed by atoms with Crippen molar-refractivity contribution in [2.24, 2.45) is 0 Å². The molecule has 0 aliphatic rings. The SMILES string of the molecule is C[Si](C)(C)CCOCn1cc(O)c(=O)c(-c2nccn2CC(OS(C)(=O)=O)C(c2ccccc2)c2ccccc2)n1. The summed E-state index contributed by atoms with van der Waals surface area (Å²) >= 11 is 0. The number of aromatic hydroxyl groups is 1. The van der Waals surface area contributed by atoms with E-state index in [2.05, 4.69) is 29.7 Å². The minimum atomic E-state index is -3.88. The van der Waals surface area contributed by atoms with Crippen LogP contribution in [-0.4, -0.2) is 59.9 Å². The first kappa shape index (κ1) is 30.4. The van der Waals surface area contributed by atoms with Crippen LogP contribution in [0.1, 0.15) is 17.0 Å². The summed E-state index contributed by atoms with van der Waals surface area (Å²) in [6.45, 7) is 7.37. The molecule has 0 aliphatic heterocycles. The van der Waals surface area contributed by atoms with E-state index < -0.39 is 41.4 Å². The van der Waals surface area contributed by atoms with Gasteiger partial charge in [0.25, 0.3) is 15.5 Å². The van der Waals surface area contributed by atoms with Crippen LogP contribution in [0.15, 0.2) is 84.0 Å². The molecule has 0 spiro atoms. The molecule has 1 N–H and O–H groups in total. The summed E-state index contributed by atoms with van der Waals surface area (Å²) in [6, 6.07) is 20.0. The zero-order valence-electron chi connectivity index (χ0n) is 23.7. The zero-order valence-corrected chi connectivity index (χ0v) is 25.5. The molecule has 2 heterocycles. The number of rotatable bonds is 13. The molecule has 0 saturated carbocycles. The Morgan fingerprint density at radius 3 is 2.17 bits per heavy atom. The topological polar surface area (TPSA) is 126 Å². The summed E-state index contributed by atoms with van der Waals surface area (Å²) in [7, 11) is -5.17. The van der Waals surface area contributed by atoms with Crippen molar-refractivity contribution in [2.45, 2.75) is 51.0 Å². The van der Waals surface area contributed by atoms with Crippen molar-refractivity contribution in [1.82, 2.24) is 19.3 Å². The fraction of sp³-hybridized carbons (Fsp3) is 0.345. The Kier molecular flexibility index (Phi) is 9.59. The summed E-state index contributed by atoms with van der Waals surface area (Å²) in [5.74, 6) is -0.784. The maximum absolute atomic E-state index is 13.0.